The number of hydrogen-bond acceptors (Lipinski definition) is 4. The first-order chi connectivity index (χ1) is 14.7. The van der Waals surface area contributed by atoms with E-state index in [9.17, 15) is 13.2 Å². The van der Waals surface area contributed by atoms with Gasteiger partial charge in [0.2, 0.25) is 15.9 Å². The topological polar surface area (TPSA) is 66.9 Å². The molecular weight excluding hydrogens is 412 g/mol. The molecule has 2 atom stereocenters. The first-order valence-corrected chi connectivity index (χ1v) is 13.2. The summed E-state index contributed by atoms with van der Waals surface area (Å²) in [6.45, 7) is 9.81. The lowest BCUT2D eigenvalue weighted by atomic mass is 9.88. The summed E-state index contributed by atoms with van der Waals surface area (Å²) in [5, 5.41) is 0. The minimum absolute atomic E-state index is 0.0893. The minimum Gasteiger partial charge on any atom is -0.374 e. The van der Waals surface area contributed by atoms with Crippen molar-refractivity contribution in [2.45, 2.75) is 83.3 Å². The molecule has 0 spiro atoms. The average Bonchev–Trinajstić information content (AvgIpc) is 2.77. The number of carbonyl (C=O) groups is 1. The number of carbonyl (C=O) groups excluding carboxylic acids is 1. The lowest BCUT2D eigenvalue weighted by Gasteiger charge is -2.45. The van der Waals surface area contributed by atoms with Gasteiger partial charge in [0.15, 0.2) is 0 Å². The fraction of sp³-hybridized carbons (Fsp3) is 0.708. The Labute approximate surface area is 187 Å². The third-order valence-electron chi connectivity index (χ3n) is 7.71. The van der Waals surface area contributed by atoms with Crippen LogP contribution in [0.15, 0.2) is 11.0 Å². The van der Waals surface area contributed by atoms with Crippen LogP contribution in [0.2, 0.25) is 0 Å². The highest BCUT2D eigenvalue weighted by Gasteiger charge is 2.41. The second-order valence-corrected chi connectivity index (χ2v) is 11.4. The van der Waals surface area contributed by atoms with Gasteiger partial charge in [0, 0.05) is 25.6 Å². The summed E-state index contributed by atoms with van der Waals surface area (Å²) in [4.78, 5) is 15.8. The van der Waals surface area contributed by atoms with E-state index in [0.29, 0.717) is 44.0 Å². The van der Waals surface area contributed by atoms with Gasteiger partial charge in [0.05, 0.1) is 23.6 Å². The lowest BCUT2D eigenvalue weighted by Crippen LogP contribution is -2.57. The average molecular weight is 449 g/mol. The molecule has 3 fully saturated rings. The fourth-order valence-electron chi connectivity index (χ4n) is 5.64. The van der Waals surface area contributed by atoms with E-state index in [0.717, 1.165) is 41.5 Å². The zero-order valence-corrected chi connectivity index (χ0v) is 20.1. The van der Waals surface area contributed by atoms with Crippen LogP contribution in [-0.4, -0.2) is 61.9 Å². The molecule has 7 heteroatoms. The predicted octanol–water partition coefficient (Wildman–Crippen LogP) is 3.49. The number of aryl methyl sites for hydroxylation is 2. The number of benzene rings is 1. The molecule has 31 heavy (non-hydrogen) atoms. The van der Waals surface area contributed by atoms with Gasteiger partial charge in [-0.3, -0.25) is 4.79 Å². The Morgan fingerprint density at radius 1 is 0.935 bits per heavy atom. The number of fused-ring (bicyclic) bond motifs is 1. The van der Waals surface area contributed by atoms with Crippen molar-refractivity contribution in [3.63, 3.8) is 0 Å². The molecule has 2 aliphatic heterocycles. The SMILES string of the molecule is Cc1cc(C)c(C)c(S(=O)(=O)N2CCC(C(=O)N3CCOC4CCCCC43)CC2)c1C. The summed E-state index contributed by atoms with van der Waals surface area (Å²) in [6, 6.07) is 2.26. The molecule has 1 amide bonds. The molecular formula is C24H36N2O4S. The monoisotopic (exact) mass is 448 g/mol. The van der Waals surface area contributed by atoms with Crippen LogP contribution in [0.3, 0.4) is 0 Å². The molecule has 3 aliphatic rings. The summed E-state index contributed by atoms with van der Waals surface area (Å²) in [5.41, 5.74) is 3.66. The number of amides is 1. The van der Waals surface area contributed by atoms with Crippen LogP contribution in [0.1, 0.15) is 60.8 Å². The van der Waals surface area contributed by atoms with E-state index in [4.69, 9.17) is 4.74 Å². The van der Waals surface area contributed by atoms with Crippen LogP contribution in [0, 0.1) is 33.6 Å². The van der Waals surface area contributed by atoms with E-state index in [2.05, 4.69) is 11.0 Å². The van der Waals surface area contributed by atoms with Crippen LogP contribution in [0.4, 0.5) is 0 Å². The molecule has 6 nitrogen and oxygen atoms in total. The number of ether oxygens (including phenoxy) is 1. The summed E-state index contributed by atoms with van der Waals surface area (Å²) < 4.78 is 34.5. The summed E-state index contributed by atoms with van der Waals surface area (Å²) in [5.74, 6) is 0.115. The molecule has 0 N–H and O–H groups in total. The molecule has 0 aromatic heterocycles. The van der Waals surface area contributed by atoms with Crippen LogP contribution in [0.25, 0.3) is 0 Å². The molecule has 2 unspecified atom stereocenters. The van der Waals surface area contributed by atoms with Gasteiger partial charge < -0.3 is 9.64 Å². The van der Waals surface area contributed by atoms with Gasteiger partial charge in [-0.1, -0.05) is 18.9 Å². The van der Waals surface area contributed by atoms with Crippen molar-refractivity contribution in [1.29, 1.82) is 0 Å². The summed E-state index contributed by atoms with van der Waals surface area (Å²) in [6.07, 6.45) is 5.76. The Balaban J connectivity index is 1.47. The van der Waals surface area contributed by atoms with Crippen molar-refractivity contribution in [3.05, 3.63) is 28.3 Å². The van der Waals surface area contributed by atoms with E-state index >= 15 is 0 Å². The second kappa shape index (κ2) is 8.83. The third kappa shape index (κ3) is 4.16. The van der Waals surface area contributed by atoms with E-state index < -0.39 is 10.0 Å². The van der Waals surface area contributed by atoms with Gasteiger partial charge in [0.25, 0.3) is 0 Å². The Bertz CT molecular complexity index is 923. The van der Waals surface area contributed by atoms with E-state index in [-0.39, 0.29) is 24.0 Å². The van der Waals surface area contributed by atoms with Crippen LogP contribution in [0.5, 0.6) is 0 Å². The van der Waals surface area contributed by atoms with Gasteiger partial charge in [0.1, 0.15) is 0 Å². The van der Waals surface area contributed by atoms with E-state index in [1.807, 2.05) is 27.7 Å². The molecule has 1 aromatic rings. The third-order valence-corrected chi connectivity index (χ3v) is 9.89. The van der Waals surface area contributed by atoms with Crippen LogP contribution >= 0.6 is 0 Å². The second-order valence-electron chi connectivity index (χ2n) is 9.56. The first-order valence-electron chi connectivity index (χ1n) is 11.7. The lowest BCUT2D eigenvalue weighted by molar-refractivity contribution is -0.154. The van der Waals surface area contributed by atoms with Gasteiger partial charge >= 0.3 is 0 Å². The smallest absolute Gasteiger partial charge is 0.243 e. The van der Waals surface area contributed by atoms with Crippen LogP contribution < -0.4 is 0 Å². The molecule has 0 bridgehead atoms. The number of nitrogens with zero attached hydrogens (tertiary/aromatic N) is 2. The molecule has 172 valence electrons. The minimum atomic E-state index is -3.57. The van der Waals surface area contributed by atoms with Gasteiger partial charge in [-0.25, -0.2) is 8.42 Å². The number of piperidine rings is 1. The normalized spacial score (nSPS) is 26.0. The molecule has 4 rings (SSSR count). The molecule has 2 heterocycles. The Morgan fingerprint density at radius 3 is 2.19 bits per heavy atom. The molecule has 0 radical (unpaired) electrons. The number of hydrogen-bond donors (Lipinski definition) is 0. The number of rotatable bonds is 3. The van der Waals surface area contributed by atoms with Gasteiger partial charge in [-0.15, -0.1) is 0 Å². The van der Waals surface area contributed by atoms with E-state index in [1.54, 1.807) is 4.31 Å². The summed E-state index contributed by atoms with van der Waals surface area (Å²) in [7, 11) is -3.57. The standard InChI is InChI=1S/C24H36N2O4S/c1-16-15-17(2)19(4)23(18(16)3)31(28,29)25-11-9-20(10-12-25)24(27)26-13-14-30-22-8-6-5-7-21(22)26/h15,20-22H,5-14H2,1-4H3. The van der Waals surface area contributed by atoms with Gasteiger partial charge in [-0.05, 0) is 75.6 Å². The zero-order valence-electron chi connectivity index (χ0n) is 19.3. The first kappa shape index (κ1) is 22.7. The Morgan fingerprint density at radius 2 is 1.55 bits per heavy atom. The van der Waals surface area contributed by atoms with Gasteiger partial charge in [-0.2, -0.15) is 4.31 Å². The molecule has 2 saturated heterocycles. The highest BCUT2D eigenvalue weighted by Crippen LogP contribution is 2.34. The van der Waals surface area contributed by atoms with Crippen molar-refractivity contribution in [2.24, 2.45) is 5.92 Å². The quantitative estimate of drug-likeness (QED) is 0.710. The fourth-order valence-corrected chi connectivity index (χ4v) is 7.69. The molecule has 1 saturated carbocycles. The van der Waals surface area contributed by atoms with Crippen molar-refractivity contribution >= 4 is 15.9 Å². The number of morpholine rings is 1. The number of sulfonamides is 1. The molecule has 1 aromatic carbocycles. The summed E-state index contributed by atoms with van der Waals surface area (Å²) >= 11 is 0. The zero-order chi connectivity index (χ0) is 22.3. The Kier molecular flexibility index (Phi) is 6.48. The largest absolute Gasteiger partial charge is 0.374 e. The maximum atomic E-state index is 13.5. The van der Waals surface area contributed by atoms with E-state index in [1.165, 1.54) is 6.42 Å². The van der Waals surface area contributed by atoms with Crippen molar-refractivity contribution in [1.82, 2.24) is 9.21 Å². The highest BCUT2D eigenvalue weighted by molar-refractivity contribution is 7.89. The maximum absolute atomic E-state index is 13.5. The van der Waals surface area contributed by atoms with Crippen molar-refractivity contribution in [2.75, 3.05) is 26.2 Å². The van der Waals surface area contributed by atoms with Crippen LogP contribution in [-0.2, 0) is 19.6 Å². The van der Waals surface area contributed by atoms with Crippen molar-refractivity contribution < 1.29 is 17.9 Å². The highest BCUT2D eigenvalue weighted by atomic mass is 32.2. The van der Waals surface area contributed by atoms with Crippen molar-refractivity contribution in [3.8, 4) is 0 Å². The predicted molar refractivity (Wildman–Crippen MR) is 121 cm³/mol. The maximum Gasteiger partial charge on any atom is 0.243 e. The molecule has 1 aliphatic carbocycles. The Hall–Kier alpha value is -1.44.